The fraction of sp³-hybridized carbons (Fsp3) is 0.286. The van der Waals surface area contributed by atoms with Gasteiger partial charge < -0.3 is 20.3 Å². The molecule has 3 rings (SSSR count). The Morgan fingerprint density at radius 2 is 2.15 bits per heavy atom. The van der Waals surface area contributed by atoms with Gasteiger partial charge >= 0.3 is 0 Å². The Morgan fingerprint density at radius 3 is 2.85 bits per heavy atom. The van der Waals surface area contributed by atoms with Crippen LogP contribution >= 0.6 is 0 Å². The quantitative estimate of drug-likeness (QED) is 0.495. The van der Waals surface area contributed by atoms with Crippen LogP contribution < -0.4 is 11.5 Å². The maximum absolute atomic E-state index is 5.62. The number of furan rings is 2. The van der Waals surface area contributed by atoms with Crippen molar-refractivity contribution in [3.05, 3.63) is 47.3 Å². The molecular weight excluding hydrogens is 256 g/mol. The number of nitrogens with two attached hydrogens (primary N) is 2. The van der Waals surface area contributed by atoms with Crippen molar-refractivity contribution in [2.75, 3.05) is 0 Å². The Morgan fingerprint density at radius 1 is 1.30 bits per heavy atom. The molecule has 0 bridgehead atoms. The molecule has 0 aromatic carbocycles. The fourth-order valence-electron chi connectivity index (χ4n) is 2.60. The lowest BCUT2D eigenvalue weighted by atomic mass is 9.84. The van der Waals surface area contributed by atoms with Gasteiger partial charge in [0.05, 0.1) is 18.2 Å². The third kappa shape index (κ3) is 2.20. The van der Waals surface area contributed by atoms with Gasteiger partial charge in [-0.05, 0) is 24.6 Å². The van der Waals surface area contributed by atoms with Gasteiger partial charge in [0.1, 0.15) is 11.5 Å². The van der Waals surface area contributed by atoms with Gasteiger partial charge in [-0.2, -0.15) is 5.10 Å². The molecule has 20 heavy (non-hydrogen) atoms. The van der Waals surface area contributed by atoms with E-state index in [1.54, 1.807) is 12.5 Å². The van der Waals surface area contributed by atoms with Crippen molar-refractivity contribution in [2.24, 2.45) is 21.7 Å². The Kier molecular flexibility index (Phi) is 3.06. The van der Waals surface area contributed by atoms with Crippen LogP contribution in [0.2, 0.25) is 0 Å². The average Bonchev–Trinajstić information content (AvgIpc) is 3.06. The van der Waals surface area contributed by atoms with Crippen LogP contribution in [0.1, 0.15) is 35.0 Å². The van der Waals surface area contributed by atoms with Gasteiger partial charge in [0.15, 0.2) is 0 Å². The van der Waals surface area contributed by atoms with Crippen molar-refractivity contribution in [1.29, 1.82) is 0 Å². The lowest BCUT2D eigenvalue weighted by molar-refractivity contribution is 0.425. The first kappa shape index (κ1) is 12.5. The van der Waals surface area contributed by atoms with E-state index in [1.165, 1.54) is 0 Å². The van der Waals surface area contributed by atoms with Crippen molar-refractivity contribution in [1.82, 2.24) is 0 Å². The van der Waals surface area contributed by atoms with Crippen LogP contribution in [-0.4, -0.2) is 11.7 Å². The molecule has 4 N–H and O–H groups in total. The van der Waals surface area contributed by atoms with Crippen LogP contribution in [0.4, 0.5) is 0 Å². The van der Waals surface area contributed by atoms with E-state index < -0.39 is 0 Å². The van der Waals surface area contributed by atoms with Gasteiger partial charge in [-0.3, -0.25) is 0 Å². The van der Waals surface area contributed by atoms with E-state index in [4.69, 9.17) is 20.3 Å². The predicted octanol–water partition coefficient (Wildman–Crippen LogP) is 1.89. The molecule has 0 amide bonds. The van der Waals surface area contributed by atoms with Gasteiger partial charge in [-0.25, -0.2) is 0 Å². The Hall–Kier alpha value is -2.50. The molecule has 0 aliphatic heterocycles. The summed E-state index contributed by atoms with van der Waals surface area (Å²) in [6.45, 7) is 1.99. The predicted molar refractivity (Wildman–Crippen MR) is 75.6 cm³/mol. The number of hydrogen-bond acceptors (Lipinski definition) is 4. The summed E-state index contributed by atoms with van der Waals surface area (Å²) in [4.78, 5) is 0. The molecule has 1 unspecified atom stereocenters. The summed E-state index contributed by atoms with van der Waals surface area (Å²) in [5, 5.41) is 7.94. The van der Waals surface area contributed by atoms with E-state index in [2.05, 4.69) is 10.2 Å². The molecule has 2 heterocycles. The van der Waals surface area contributed by atoms with Crippen LogP contribution in [0.25, 0.3) is 0 Å². The van der Waals surface area contributed by atoms with Crippen LogP contribution in [0.5, 0.6) is 0 Å². The van der Waals surface area contributed by atoms with E-state index in [-0.39, 0.29) is 11.9 Å². The van der Waals surface area contributed by atoms with Gasteiger partial charge in [-0.15, -0.1) is 5.10 Å². The summed E-state index contributed by atoms with van der Waals surface area (Å²) in [5.74, 6) is 1.96. The minimum absolute atomic E-state index is 0.0553. The highest BCUT2D eigenvalue weighted by Crippen LogP contribution is 2.35. The zero-order chi connectivity index (χ0) is 14.1. The third-order valence-electron chi connectivity index (χ3n) is 3.44. The molecule has 6 heteroatoms. The second-order valence-corrected chi connectivity index (χ2v) is 4.91. The summed E-state index contributed by atoms with van der Waals surface area (Å²) < 4.78 is 11.1. The lowest BCUT2D eigenvalue weighted by Gasteiger charge is -2.20. The monoisotopic (exact) mass is 272 g/mol. The number of hydrogen-bond donors (Lipinski definition) is 2. The highest BCUT2D eigenvalue weighted by Gasteiger charge is 2.30. The van der Waals surface area contributed by atoms with Crippen LogP contribution in [0, 0.1) is 6.92 Å². The van der Waals surface area contributed by atoms with Gasteiger partial charge in [0.25, 0.3) is 0 Å². The summed E-state index contributed by atoms with van der Waals surface area (Å²) >= 11 is 0. The maximum Gasteiger partial charge on any atom is 0.211 e. The fourth-order valence-corrected chi connectivity index (χ4v) is 2.60. The number of guanidine groups is 1. The summed E-state index contributed by atoms with van der Waals surface area (Å²) in [7, 11) is 0. The number of fused-ring (bicyclic) bond motifs is 1. The summed E-state index contributed by atoms with van der Waals surface area (Å²) in [6, 6.07) is 3.84. The van der Waals surface area contributed by atoms with Crippen molar-refractivity contribution in [3.63, 3.8) is 0 Å². The molecule has 2 aromatic rings. The van der Waals surface area contributed by atoms with Crippen molar-refractivity contribution in [2.45, 2.75) is 25.7 Å². The molecule has 0 radical (unpaired) electrons. The van der Waals surface area contributed by atoms with E-state index in [0.29, 0.717) is 0 Å². The van der Waals surface area contributed by atoms with Crippen LogP contribution in [-0.2, 0) is 6.42 Å². The van der Waals surface area contributed by atoms with Crippen molar-refractivity contribution in [3.8, 4) is 0 Å². The molecule has 6 nitrogen and oxygen atoms in total. The van der Waals surface area contributed by atoms with Crippen molar-refractivity contribution >= 4 is 11.7 Å². The molecule has 0 saturated carbocycles. The van der Waals surface area contributed by atoms with E-state index in [1.807, 2.05) is 19.1 Å². The molecule has 1 aliphatic rings. The largest absolute Gasteiger partial charge is 0.469 e. The molecule has 0 spiro atoms. The Bertz CT molecular complexity index is 663. The Labute approximate surface area is 116 Å². The lowest BCUT2D eigenvalue weighted by Crippen LogP contribution is -2.23. The average molecular weight is 272 g/mol. The molecule has 104 valence electrons. The van der Waals surface area contributed by atoms with Gasteiger partial charge in [0, 0.05) is 24.3 Å². The topological polar surface area (TPSA) is 103 Å². The van der Waals surface area contributed by atoms with Crippen LogP contribution in [0.3, 0.4) is 0 Å². The molecule has 1 atom stereocenters. The number of nitrogens with zero attached hydrogens (tertiary/aromatic N) is 2. The Balaban J connectivity index is 2.02. The SMILES string of the molecule is Cc1coc2c1C(=NN=C(N)N)CC(c1ccco1)C2. The number of rotatable bonds is 2. The standard InChI is InChI=1S/C14H16N4O2/c1-8-7-20-12-6-9(11-3-2-4-19-11)5-10(13(8)12)17-18-14(15)16/h2-4,7,9H,5-6H2,1H3,(H4,15,16,18). The smallest absolute Gasteiger partial charge is 0.211 e. The second kappa shape index (κ2) is 4.88. The second-order valence-electron chi connectivity index (χ2n) is 4.91. The molecular formula is C14H16N4O2. The van der Waals surface area contributed by atoms with E-state index in [0.717, 1.165) is 41.2 Å². The molecule has 0 saturated heterocycles. The first-order valence-corrected chi connectivity index (χ1v) is 6.41. The van der Waals surface area contributed by atoms with Gasteiger partial charge in [0.2, 0.25) is 5.96 Å². The van der Waals surface area contributed by atoms with Crippen molar-refractivity contribution < 1.29 is 8.83 Å². The number of aryl methyl sites for hydroxylation is 1. The van der Waals surface area contributed by atoms with Gasteiger partial charge in [-0.1, -0.05) is 0 Å². The van der Waals surface area contributed by atoms with E-state index in [9.17, 15) is 0 Å². The first-order valence-electron chi connectivity index (χ1n) is 6.41. The summed E-state index contributed by atoms with van der Waals surface area (Å²) in [6.07, 6.45) is 4.92. The third-order valence-corrected chi connectivity index (χ3v) is 3.44. The molecule has 0 fully saturated rings. The molecule has 1 aliphatic carbocycles. The zero-order valence-corrected chi connectivity index (χ0v) is 11.2. The molecule has 2 aromatic heterocycles. The zero-order valence-electron chi connectivity index (χ0n) is 11.2. The van der Waals surface area contributed by atoms with E-state index >= 15 is 0 Å². The highest BCUT2D eigenvalue weighted by atomic mass is 16.3. The minimum Gasteiger partial charge on any atom is -0.469 e. The highest BCUT2D eigenvalue weighted by molar-refractivity contribution is 6.04. The maximum atomic E-state index is 5.62. The normalized spacial score (nSPS) is 19.9. The van der Waals surface area contributed by atoms with Crippen LogP contribution in [0.15, 0.2) is 43.7 Å². The summed E-state index contributed by atoms with van der Waals surface area (Å²) in [5.41, 5.74) is 13.6. The minimum atomic E-state index is -0.0553. The first-order chi connectivity index (χ1) is 9.65.